The summed E-state index contributed by atoms with van der Waals surface area (Å²) in [4.78, 5) is 17.9. The minimum absolute atomic E-state index is 0.229. The number of piperazine rings is 1. The number of pyridine rings is 1. The van der Waals surface area contributed by atoms with Crippen LogP contribution in [-0.4, -0.2) is 41.1 Å². The summed E-state index contributed by atoms with van der Waals surface area (Å²) in [5, 5.41) is 3.27. The lowest BCUT2D eigenvalue weighted by Crippen LogP contribution is -2.47. The van der Waals surface area contributed by atoms with Crippen LogP contribution in [0.5, 0.6) is 0 Å². The van der Waals surface area contributed by atoms with E-state index in [9.17, 15) is 4.39 Å². The molecule has 0 saturated carbocycles. The smallest absolute Gasteiger partial charge is 0.227 e. The molecule has 0 atom stereocenters. The van der Waals surface area contributed by atoms with Crippen LogP contribution in [0.15, 0.2) is 60.9 Å². The van der Waals surface area contributed by atoms with Crippen molar-refractivity contribution in [1.82, 2.24) is 15.0 Å². The van der Waals surface area contributed by atoms with Crippen LogP contribution in [0.2, 0.25) is 0 Å². The zero-order chi connectivity index (χ0) is 18.5. The van der Waals surface area contributed by atoms with Gasteiger partial charge in [-0.15, -0.1) is 0 Å². The Balaban J connectivity index is 1.36. The Morgan fingerprint density at radius 3 is 2.37 bits per heavy atom. The molecule has 1 N–H and O–H groups in total. The number of rotatable bonds is 5. The molecular formula is C20H21FN6. The molecule has 0 radical (unpaired) electrons. The third-order valence-corrected chi connectivity index (χ3v) is 4.57. The van der Waals surface area contributed by atoms with Crippen molar-refractivity contribution in [3.63, 3.8) is 0 Å². The average molecular weight is 364 g/mol. The van der Waals surface area contributed by atoms with Crippen molar-refractivity contribution in [3.05, 3.63) is 72.3 Å². The lowest BCUT2D eigenvalue weighted by Gasteiger charge is -2.35. The van der Waals surface area contributed by atoms with Crippen molar-refractivity contribution in [2.75, 3.05) is 41.3 Å². The number of benzene rings is 1. The summed E-state index contributed by atoms with van der Waals surface area (Å²) >= 11 is 0. The Morgan fingerprint density at radius 1 is 0.852 bits per heavy atom. The summed E-state index contributed by atoms with van der Waals surface area (Å²) in [7, 11) is 0. The Labute approximate surface area is 157 Å². The van der Waals surface area contributed by atoms with Crippen molar-refractivity contribution < 1.29 is 4.39 Å². The first-order valence-corrected chi connectivity index (χ1v) is 9.00. The molecule has 1 aliphatic heterocycles. The molecule has 0 unspecified atom stereocenters. The zero-order valence-electron chi connectivity index (χ0n) is 14.9. The van der Waals surface area contributed by atoms with E-state index in [0.29, 0.717) is 6.54 Å². The van der Waals surface area contributed by atoms with Gasteiger partial charge in [0.1, 0.15) is 17.5 Å². The molecule has 1 fully saturated rings. The summed E-state index contributed by atoms with van der Waals surface area (Å²) in [6.45, 7) is 4.04. The largest absolute Gasteiger partial charge is 0.366 e. The van der Waals surface area contributed by atoms with Crippen LogP contribution in [0.1, 0.15) is 5.56 Å². The molecule has 4 rings (SSSR count). The molecule has 1 aliphatic rings. The average Bonchev–Trinajstić information content (AvgIpc) is 2.74. The molecule has 7 heteroatoms. The standard InChI is InChI=1S/C20H21FN6/c21-17-6-4-16(5-7-17)15-24-18-8-10-23-20(25-18)27-13-11-26(12-14-27)19-3-1-2-9-22-19/h1-10H,11-15H2,(H,23,24,25). The van der Waals surface area contributed by atoms with Gasteiger partial charge in [-0.3, -0.25) is 0 Å². The van der Waals surface area contributed by atoms with Gasteiger partial charge in [-0.25, -0.2) is 14.4 Å². The van der Waals surface area contributed by atoms with E-state index in [-0.39, 0.29) is 5.82 Å². The van der Waals surface area contributed by atoms with E-state index in [0.717, 1.165) is 49.3 Å². The maximum absolute atomic E-state index is 13.0. The second kappa shape index (κ2) is 7.99. The molecule has 3 heterocycles. The summed E-state index contributed by atoms with van der Waals surface area (Å²) in [6.07, 6.45) is 3.58. The minimum atomic E-state index is -0.229. The number of nitrogens with zero attached hydrogens (tertiary/aromatic N) is 5. The van der Waals surface area contributed by atoms with Crippen molar-refractivity contribution >= 4 is 17.6 Å². The third kappa shape index (κ3) is 4.31. The third-order valence-electron chi connectivity index (χ3n) is 4.57. The van der Waals surface area contributed by atoms with Crippen LogP contribution in [0, 0.1) is 5.82 Å². The number of hydrogen-bond acceptors (Lipinski definition) is 6. The van der Waals surface area contributed by atoms with Gasteiger partial charge >= 0.3 is 0 Å². The van der Waals surface area contributed by atoms with Gasteiger partial charge in [0.15, 0.2) is 0 Å². The van der Waals surface area contributed by atoms with Gasteiger partial charge in [0.25, 0.3) is 0 Å². The first kappa shape index (κ1) is 17.2. The van der Waals surface area contributed by atoms with E-state index in [1.807, 2.05) is 30.5 Å². The van der Waals surface area contributed by atoms with Crippen molar-refractivity contribution in [3.8, 4) is 0 Å². The maximum Gasteiger partial charge on any atom is 0.227 e. The second-order valence-corrected chi connectivity index (χ2v) is 6.38. The zero-order valence-corrected chi connectivity index (χ0v) is 14.9. The first-order chi connectivity index (χ1) is 13.3. The van der Waals surface area contributed by atoms with Gasteiger partial charge < -0.3 is 15.1 Å². The van der Waals surface area contributed by atoms with E-state index in [2.05, 4.69) is 30.1 Å². The lowest BCUT2D eigenvalue weighted by molar-refractivity contribution is 0.627. The predicted molar refractivity (Wildman–Crippen MR) is 104 cm³/mol. The van der Waals surface area contributed by atoms with E-state index < -0.39 is 0 Å². The summed E-state index contributed by atoms with van der Waals surface area (Å²) in [6, 6.07) is 14.3. The van der Waals surface area contributed by atoms with E-state index in [1.54, 1.807) is 18.3 Å². The molecule has 0 aliphatic carbocycles. The molecule has 1 saturated heterocycles. The molecular weight excluding hydrogens is 343 g/mol. The van der Waals surface area contributed by atoms with Crippen LogP contribution >= 0.6 is 0 Å². The molecule has 1 aromatic carbocycles. The van der Waals surface area contributed by atoms with Crippen LogP contribution < -0.4 is 15.1 Å². The number of anilines is 3. The lowest BCUT2D eigenvalue weighted by atomic mass is 10.2. The fourth-order valence-corrected chi connectivity index (χ4v) is 3.07. The Kier molecular flexibility index (Phi) is 5.09. The minimum Gasteiger partial charge on any atom is -0.366 e. The van der Waals surface area contributed by atoms with Gasteiger partial charge in [0, 0.05) is 45.1 Å². The van der Waals surface area contributed by atoms with Crippen LogP contribution in [0.3, 0.4) is 0 Å². The second-order valence-electron chi connectivity index (χ2n) is 6.38. The van der Waals surface area contributed by atoms with Gasteiger partial charge in [-0.1, -0.05) is 18.2 Å². The normalized spacial score (nSPS) is 14.3. The molecule has 2 aromatic heterocycles. The highest BCUT2D eigenvalue weighted by atomic mass is 19.1. The maximum atomic E-state index is 13.0. The quantitative estimate of drug-likeness (QED) is 0.751. The van der Waals surface area contributed by atoms with Crippen LogP contribution in [-0.2, 0) is 6.54 Å². The molecule has 0 bridgehead atoms. The summed E-state index contributed by atoms with van der Waals surface area (Å²) in [5.74, 6) is 2.26. The van der Waals surface area contributed by atoms with Gasteiger partial charge in [-0.05, 0) is 35.9 Å². The Bertz CT molecular complexity index is 863. The highest BCUT2D eigenvalue weighted by Crippen LogP contribution is 2.17. The van der Waals surface area contributed by atoms with Crippen LogP contribution in [0.25, 0.3) is 0 Å². The predicted octanol–water partition coefficient (Wildman–Crippen LogP) is 2.95. The first-order valence-electron chi connectivity index (χ1n) is 9.00. The van der Waals surface area contributed by atoms with Gasteiger partial charge in [-0.2, -0.15) is 4.98 Å². The van der Waals surface area contributed by atoms with Crippen molar-refractivity contribution in [2.24, 2.45) is 0 Å². The van der Waals surface area contributed by atoms with Crippen LogP contribution in [0.4, 0.5) is 22.0 Å². The summed E-state index contributed by atoms with van der Waals surface area (Å²) in [5.41, 5.74) is 1.00. The molecule has 138 valence electrons. The topological polar surface area (TPSA) is 57.2 Å². The summed E-state index contributed by atoms with van der Waals surface area (Å²) < 4.78 is 13.0. The Hall–Kier alpha value is -3.22. The molecule has 6 nitrogen and oxygen atoms in total. The fraction of sp³-hybridized carbons (Fsp3) is 0.250. The number of nitrogens with one attached hydrogen (secondary N) is 1. The Morgan fingerprint density at radius 2 is 1.63 bits per heavy atom. The molecule has 3 aromatic rings. The van der Waals surface area contributed by atoms with E-state index in [4.69, 9.17) is 0 Å². The van der Waals surface area contributed by atoms with Gasteiger partial charge in [0.2, 0.25) is 5.95 Å². The molecule has 0 spiro atoms. The number of halogens is 1. The monoisotopic (exact) mass is 364 g/mol. The van der Waals surface area contributed by atoms with Gasteiger partial charge in [0.05, 0.1) is 0 Å². The fourth-order valence-electron chi connectivity index (χ4n) is 3.07. The molecule has 0 amide bonds. The number of aromatic nitrogens is 3. The molecule has 27 heavy (non-hydrogen) atoms. The van der Waals surface area contributed by atoms with Crippen molar-refractivity contribution in [1.29, 1.82) is 0 Å². The highest BCUT2D eigenvalue weighted by molar-refractivity contribution is 5.45. The van der Waals surface area contributed by atoms with Crippen molar-refractivity contribution in [2.45, 2.75) is 6.54 Å². The van der Waals surface area contributed by atoms with E-state index >= 15 is 0 Å². The van der Waals surface area contributed by atoms with E-state index in [1.165, 1.54) is 12.1 Å². The number of hydrogen-bond donors (Lipinski definition) is 1. The SMILES string of the molecule is Fc1ccc(CNc2ccnc(N3CCN(c4ccccn4)CC3)n2)cc1. The highest BCUT2D eigenvalue weighted by Gasteiger charge is 2.19.